The van der Waals surface area contributed by atoms with Crippen LogP contribution in [0, 0.1) is 0 Å². The highest BCUT2D eigenvalue weighted by Crippen LogP contribution is 2.33. The van der Waals surface area contributed by atoms with Gasteiger partial charge in [0.15, 0.2) is 0 Å². The predicted molar refractivity (Wildman–Crippen MR) is 80.7 cm³/mol. The summed E-state index contributed by atoms with van der Waals surface area (Å²) >= 11 is 0. The third-order valence-electron chi connectivity index (χ3n) is 3.58. The molecule has 0 amide bonds. The second-order valence-corrected chi connectivity index (χ2v) is 5.19. The maximum absolute atomic E-state index is 13.2. The van der Waals surface area contributed by atoms with Crippen molar-refractivity contribution in [1.29, 1.82) is 0 Å². The van der Waals surface area contributed by atoms with Gasteiger partial charge in [-0.3, -0.25) is 4.79 Å². The summed E-state index contributed by atoms with van der Waals surface area (Å²) < 4.78 is 42.1. The fraction of sp³-hybridized carbons (Fsp3) is 0.200. The number of anilines is 2. The van der Waals surface area contributed by atoms with Crippen LogP contribution < -0.4 is 10.9 Å². The van der Waals surface area contributed by atoms with Crippen LogP contribution in [0.5, 0.6) is 0 Å². The number of halogens is 3. The summed E-state index contributed by atoms with van der Waals surface area (Å²) in [6.45, 7) is 0. The summed E-state index contributed by atoms with van der Waals surface area (Å²) in [4.78, 5) is 11.8. The molecule has 0 spiro atoms. The van der Waals surface area contributed by atoms with E-state index in [1.807, 2.05) is 23.9 Å². The van der Waals surface area contributed by atoms with Crippen LogP contribution in [0.15, 0.2) is 41.5 Å². The van der Waals surface area contributed by atoms with Crippen LogP contribution in [0.25, 0.3) is 10.9 Å². The van der Waals surface area contributed by atoms with E-state index in [9.17, 15) is 18.0 Å². The van der Waals surface area contributed by atoms with Crippen molar-refractivity contribution in [2.45, 2.75) is 6.18 Å². The molecule has 3 rings (SSSR count). The number of benzene rings is 1. The summed E-state index contributed by atoms with van der Waals surface area (Å²) in [5, 5.41) is 7.17. The second kappa shape index (κ2) is 5.15. The van der Waals surface area contributed by atoms with Crippen molar-refractivity contribution < 1.29 is 13.2 Å². The van der Waals surface area contributed by atoms with Gasteiger partial charge in [-0.1, -0.05) is 0 Å². The van der Waals surface area contributed by atoms with E-state index < -0.39 is 17.3 Å². The van der Waals surface area contributed by atoms with E-state index in [1.54, 1.807) is 18.2 Å². The molecular formula is C15H13F3N4O. The maximum atomic E-state index is 13.2. The van der Waals surface area contributed by atoms with Crippen LogP contribution >= 0.6 is 0 Å². The molecule has 0 atom stereocenters. The van der Waals surface area contributed by atoms with Gasteiger partial charge in [0.2, 0.25) is 0 Å². The van der Waals surface area contributed by atoms with Crippen molar-refractivity contribution in [3.8, 4) is 0 Å². The van der Waals surface area contributed by atoms with Gasteiger partial charge in [0, 0.05) is 36.9 Å². The van der Waals surface area contributed by atoms with Crippen LogP contribution in [0.3, 0.4) is 0 Å². The van der Waals surface area contributed by atoms with E-state index >= 15 is 0 Å². The molecular weight excluding hydrogens is 309 g/mol. The normalized spacial score (nSPS) is 11.9. The minimum absolute atomic E-state index is 0.365. The number of alkyl halides is 3. The fourth-order valence-electron chi connectivity index (χ4n) is 2.42. The van der Waals surface area contributed by atoms with Gasteiger partial charge in [-0.2, -0.15) is 18.3 Å². The first-order chi connectivity index (χ1) is 10.8. The number of fused-ring (bicyclic) bond motifs is 1. The Morgan fingerprint density at radius 3 is 2.61 bits per heavy atom. The summed E-state index contributed by atoms with van der Waals surface area (Å²) in [6, 6.07) is 7.01. The zero-order valence-corrected chi connectivity index (χ0v) is 12.3. The van der Waals surface area contributed by atoms with Crippen molar-refractivity contribution >= 4 is 22.3 Å². The number of hydrogen-bond donors (Lipinski definition) is 1. The molecule has 0 aliphatic rings. The van der Waals surface area contributed by atoms with Crippen LogP contribution in [0.2, 0.25) is 0 Å². The molecule has 120 valence electrons. The molecule has 0 fully saturated rings. The minimum atomic E-state index is -4.77. The first kappa shape index (κ1) is 15.1. The standard InChI is InChI=1S/C15H13F3N4O/c1-21-6-5-9-7-10(3-4-12(9)21)20-11-8-19-22(2)14(23)13(11)15(16,17)18/h3-8,20H,1-2H3. The number of aromatic nitrogens is 3. The summed E-state index contributed by atoms with van der Waals surface area (Å²) in [7, 11) is 3.05. The van der Waals surface area contributed by atoms with Crippen molar-refractivity contribution in [2.24, 2.45) is 14.1 Å². The van der Waals surface area contributed by atoms with Crippen molar-refractivity contribution in [3.63, 3.8) is 0 Å². The molecule has 2 aromatic heterocycles. The van der Waals surface area contributed by atoms with Crippen molar-refractivity contribution in [2.75, 3.05) is 5.32 Å². The highest BCUT2D eigenvalue weighted by molar-refractivity contribution is 5.84. The molecule has 0 aliphatic heterocycles. The molecule has 0 aliphatic carbocycles. The first-order valence-electron chi connectivity index (χ1n) is 6.73. The van der Waals surface area contributed by atoms with Gasteiger partial charge in [-0.15, -0.1) is 0 Å². The number of aryl methyl sites for hydroxylation is 2. The molecule has 0 saturated heterocycles. The van der Waals surface area contributed by atoms with Crippen molar-refractivity contribution in [1.82, 2.24) is 14.3 Å². The molecule has 8 heteroatoms. The molecule has 0 saturated carbocycles. The molecule has 1 N–H and O–H groups in total. The Hall–Kier alpha value is -2.77. The zero-order chi connectivity index (χ0) is 16.8. The lowest BCUT2D eigenvalue weighted by Gasteiger charge is -2.14. The molecule has 0 bridgehead atoms. The van der Waals surface area contributed by atoms with Gasteiger partial charge in [0.1, 0.15) is 5.56 Å². The SMILES string of the molecule is Cn1ncc(Nc2ccc3c(ccn3C)c2)c(C(F)(F)F)c1=O. The van der Waals surface area contributed by atoms with E-state index in [-0.39, 0.29) is 5.69 Å². The lowest BCUT2D eigenvalue weighted by atomic mass is 10.2. The smallest absolute Gasteiger partial charge is 0.354 e. The highest BCUT2D eigenvalue weighted by Gasteiger charge is 2.38. The van der Waals surface area contributed by atoms with Gasteiger partial charge in [0.05, 0.1) is 11.9 Å². The van der Waals surface area contributed by atoms with Gasteiger partial charge in [0.25, 0.3) is 5.56 Å². The van der Waals surface area contributed by atoms with Crippen LogP contribution in [0.4, 0.5) is 24.5 Å². The zero-order valence-electron chi connectivity index (χ0n) is 12.3. The van der Waals surface area contributed by atoms with Crippen molar-refractivity contribution in [3.05, 3.63) is 52.6 Å². The molecule has 3 aromatic rings. The maximum Gasteiger partial charge on any atom is 0.423 e. The number of hydrogen-bond acceptors (Lipinski definition) is 3. The quantitative estimate of drug-likeness (QED) is 0.789. The Morgan fingerprint density at radius 1 is 1.17 bits per heavy atom. The van der Waals surface area contributed by atoms with E-state index in [1.165, 1.54) is 7.05 Å². The number of nitrogens with one attached hydrogen (secondary N) is 1. The lowest BCUT2D eigenvalue weighted by molar-refractivity contribution is -0.138. The Kier molecular flexibility index (Phi) is 3.39. The Bertz CT molecular complexity index is 940. The first-order valence-corrected chi connectivity index (χ1v) is 6.73. The molecule has 2 heterocycles. The van der Waals surface area contributed by atoms with Gasteiger partial charge >= 0.3 is 6.18 Å². The fourth-order valence-corrected chi connectivity index (χ4v) is 2.42. The number of nitrogens with zero attached hydrogens (tertiary/aromatic N) is 3. The summed E-state index contributed by atoms with van der Waals surface area (Å²) in [5.41, 5.74) is -1.42. The van der Waals surface area contributed by atoms with E-state index in [4.69, 9.17) is 0 Å². The molecule has 0 unspecified atom stereocenters. The average Bonchev–Trinajstić information content (AvgIpc) is 2.83. The Balaban J connectivity index is 2.08. The second-order valence-electron chi connectivity index (χ2n) is 5.19. The summed E-state index contributed by atoms with van der Waals surface area (Å²) in [6.07, 6.45) is -1.91. The van der Waals surface area contributed by atoms with Gasteiger partial charge < -0.3 is 9.88 Å². The largest absolute Gasteiger partial charge is 0.423 e. The molecule has 1 aromatic carbocycles. The summed E-state index contributed by atoms with van der Waals surface area (Å²) in [5.74, 6) is 0. The molecule has 23 heavy (non-hydrogen) atoms. The van der Waals surface area contributed by atoms with E-state index in [0.29, 0.717) is 10.4 Å². The molecule has 0 radical (unpaired) electrons. The Labute approximate surface area is 129 Å². The predicted octanol–water partition coefficient (Wildman–Crippen LogP) is 3.03. The van der Waals surface area contributed by atoms with Gasteiger partial charge in [-0.25, -0.2) is 4.68 Å². The topological polar surface area (TPSA) is 51.9 Å². The number of rotatable bonds is 2. The third-order valence-corrected chi connectivity index (χ3v) is 3.58. The third kappa shape index (κ3) is 2.67. The minimum Gasteiger partial charge on any atom is -0.354 e. The van der Waals surface area contributed by atoms with Gasteiger partial charge in [-0.05, 0) is 24.3 Å². The van der Waals surface area contributed by atoms with Crippen LogP contribution in [-0.2, 0) is 20.3 Å². The monoisotopic (exact) mass is 322 g/mol. The van der Waals surface area contributed by atoms with Crippen LogP contribution in [0.1, 0.15) is 5.56 Å². The van der Waals surface area contributed by atoms with E-state index in [0.717, 1.165) is 17.1 Å². The van der Waals surface area contributed by atoms with Crippen LogP contribution in [-0.4, -0.2) is 14.3 Å². The average molecular weight is 322 g/mol. The molecule has 5 nitrogen and oxygen atoms in total. The lowest BCUT2D eigenvalue weighted by Crippen LogP contribution is -2.29. The Morgan fingerprint density at radius 2 is 1.91 bits per heavy atom. The highest BCUT2D eigenvalue weighted by atomic mass is 19.4. The van der Waals surface area contributed by atoms with E-state index in [2.05, 4.69) is 10.4 Å².